The zero-order valence-electron chi connectivity index (χ0n) is 61.4. The molecule has 0 aliphatic carbocycles. The van der Waals surface area contributed by atoms with Gasteiger partial charge in [-0.1, -0.05) is 76.6 Å². The summed E-state index contributed by atoms with van der Waals surface area (Å²) >= 11 is 1.14. The highest BCUT2D eigenvalue weighted by atomic mass is 32.2. The van der Waals surface area contributed by atoms with E-state index < -0.39 is 268 Å². The van der Waals surface area contributed by atoms with Crippen molar-refractivity contribution >= 4 is 118 Å². The number of aliphatic carboxylic acids is 6. The molecule has 0 fully saturated rings. The highest BCUT2D eigenvalue weighted by Crippen LogP contribution is 2.19. The molecule has 110 heavy (non-hydrogen) atoms. The van der Waals surface area contributed by atoms with Crippen LogP contribution in [0.1, 0.15) is 142 Å². The van der Waals surface area contributed by atoms with Gasteiger partial charge >= 0.3 is 35.8 Å². The van der Waals surface area contributed by atoms with Crippen LogP contribution < -0.4 is 75.7 Å². The topological polar surface area (TPSA) is 679 Å². The lowest BCUT2D eigenvalue weighted by atomic mass is 9.96. The first-order valence-electron chi connectivity index (χ1n) is 35.2. The summed E-state index contributed by atoms with van der Waals surface area (Å²) < 4.78 is 0. The average Bonchev–Trinajstić information content (AvgIpc) is 0.841. The van der Waals surface area contributed by atoms with E-state index in [1.54, 1.807) is 44.2 Å². The van der Waals surface area contributed by atoms with Crippen molar-refractivity contribution in [1.29, 1.82) is 0 Å². The van der Waals surface area contributed by atoms with Gasteiger partial charge in [0.05, 0.1) is 12.5 Å². The van der Waals surface area contributed by atoms with Gasteiger partial charge in [-0.3, -0.25) is 81.5 Å². The van der Waals surface area contributed by atoms with Gasteiger partial charge in [-0.25, -0.2) is 4.79 Å². The number of aromatic hydroxyl groups is 1. The van der Waals surface area contributed by atoms with Gasteiger partial charge in [0.1, 0.15) is 78.3 Å². The smallest absolute Gasteiger partial charge is 0.326 e. The molecule has 0 saturated heterocycles. The van der Waals surface area contributed by atoms with Crippen molar-refractivity contribution in [3.63, 3.8) is 0 Å². The number of aliphatic hydroxyl groups is 1. The van der Waals surface area contributed by atoms with Crippen LogP contribution in [-0.2, 0) is 98.5 Å². The predicted octanol–water partition coefficient (Wildman–Crippen LogP) is -3.98. The van der Waals surface area contributed by atoms with Gasteiger partial charge in [0, 0.05) is 50.0 Å². The molecule has 0 aromatic heterocycles. The third kappa shape index (κ3) is 36.2. The summed E-state index contributed by atoms with van der Waals surface area (Å²) in [5.74, 6) is -25.3. The molecule has 610 valence electrons. The molecule has 0 bridgehead atoms. The highest BCUT2D eigenvalue weighted by Gasteiger charge is 2.39. The monoisotopic (exact) mass is 1570 g/mol. The van der Waals surface area contributed by atoms with Crippen molar-refractivity contribution in [2.75, 3.05) is 12.3 Å². The number of aliphatic hydroxyl groups excluding tert-OH is 1. The molecule has 0 aliphatic heterocycles. The molecule has 2 aromatic rings. The van der Waals surface area contributed by atoms with E-state index in [-0.39, 0.29) is 55.9 Å². The van der Waals surface area contributed by atoms with E-state index in [9.17, 15) is 122 Å². The number of phenols is 1. The zero-order chi connectivity index (χ0) is 83.1. The Labute approximate surface area is 636 Å². The molecule has 14 unspecified atom stereocenters. The van der Waals surface area contributed by atoms with Crippen LogP contribution >= 0.6 is 11.8 Å². The van der Waals surface area contributed by atoms with Gasteiger partial charge in [0.2, 0.25) is 70.9 Å². The number of nitrogens with two attached hydrogens (primary N) is 3. The Morgan fingerprint density at radius 3 is 1.21 bits per heavy atom. The molecule has 12 amide bonds. The Balaban J connectivity index is 2.60. The summed E-state index contributed by atoms with van der Waals surface area (Å²) in [5.41, 5.74) is 18.1. The molecule has 0 aliphatic rings. The maximum Gasteiger partial charge on any atom is 0.326 e. The van der Waals surface area contributed by atoms with Gasteiger partial charge in [-0.05, 0) is 99.9 Å². The minimum atomic E-state index is -2.24. The number of benzene rings is 2. The summed E-state index contributed by atoms with van der Waals surface area (Å²) in [4.78, 5) is 239. The van der Waals surface area contributed by atoms with Crippen molar-refractivity contribution in [2.24, 2.45) is 29.0 Å². The number of carbonyl (C=O) groups is 18. The molecule has 2 aromatic carbocycles. The fourth-order valence-electron chi connectivity index (χ4n) is 10.4. The lowest BCUT2D eigenvalue weighted by Gasteiger charge is -2.30. The quantitative estimate of drug-likeness (QED) is 0.0281. The van der Waals surface area contributed by atoms with Gasteiger partial charge in [0.15, 0.2) is 0 Å². The molecule has 0 spiro atoms. The first kappa shape index (κ1) is 95.0. The second-order valence-corrected chi connectivity index (χ2v) is 27.3. The largest absolute Gasteiger partial charge is 0.508 e. The number of hydrogen-bond donors (Lipinski definition) is 22. The number of unbranched alkanes of at least 4 members (excludes halogenated alkanes) is 1. The Bertz CT molecular complexity index is 3520. The second kappa shape index (κ2) is 49.1. The number of thioether (sulfide) groups is 1. The van der Waals surface area contributed by atoms with E-state index in [1.807, 2.05) is 5.32 Å². The predicted molar refractivity (Wildman–Crippen MR) is 388 cm³/mol. The molecule has 0 radical (unpaired) electrons. The summed E-state index contributed by atoms with van der Waals surface area (Å²) in [6, 6.07) is -6.77. The maximum atomic E-state index is 14.7. The molecule has 41 heteroatoms. The van der Waals surface area contributed by atoms with Gasteiger partial charge in [-0.15, -0.1) is 0 Å². The number of primary amides is 1. The van der Waals surface area contributed by atoms with Gasteiger partial charge in [0.25, 0.3) is 0 Å². The number of carboxylic acid groups (broad SMARTS) is 6. The number of hydrogen-bond acceptors (Lipinski definition) is 23. The minimum Gasteiger partial charge on any atom is -0.508 e. The summed E-state index contributed by atoms with van der Waals surface area (Å²) in [7, 11) is 0. The van der Waals surface area contributed by atoms with Crippen LogP contribution in [0.15, 0.2) is 54.6 Å². The number of carbonyl (C=O) groups excluding carboxylic acids is 12. The average molecular weight is 1580 g/mol. The first-order valence-corrected chi connectivity index (χ1v) is 36.3. The zero-order valence-corrected chi connectivity index (χ0v) is 62.2. The number of carboxylic acids is 6. The Morgan fingerprint density at radius 2 is 0.782 bits per heavy atom. The van der Waals surface area contributed by atoms with E-state index >= 15 is 0 Å². The van der Waals surface area contributed by atoms with E-state index in [0.29, 0.717) is 5.56 Å². The van der Waals surface area contributed by atoms with Gasteiger partial charge < -0.3 is 117 Å². The highest BCUT2D eigenvalue weighted by molar-refractivity contribution is 7.98. The van der Waals surface area contributed by atoms with Crippen LogP contribution in [0.3, 0.4) is 0 Å². The minimum absolute atomic E-state index is 0.0422. The Morgan fingerprint density at radius 1 is 0.409 bits per heavy atom. The molecular formula is C69H102N14O26S. The van der Waals surface area contributed by atoms with E-state index in [2.05, 4.69) is 53.2 Å². The summed E-state index contributed by atoms with van der Waals surface area (Å²) in [6.07, 6.45) is -10.1. The third-order valence-electron chi connectivity index (χ3n) is 16.9. The van der Waals surface area contributed by atoms with Crippen molar-refractivity contribution in [1.82, 2.24) is 58.5 Å². The Kier molecular flexibility index (Phi) is 42.4. The molecule has 25 N–H and O–H groups in total. The van der Waals surface area contributed by atoms with Crippen LogP contribution in [0.5, 0.6) is 5.75 Å². The molecule has 0 saturated carbocycles. The van der Waals surface area contributed by atoms with Crippen molar-refractivity contribution < 1.29 is 127 Å². The molecular weight excluding hydrogens is 1470 g/mol. The number of amides is 12. The standard InChI is InChI=1S/C69H102N14O26S/c1-6-35(4)57(83-64(103)46(80-66(105)55(72)36(5)84)30-37-15-17-39(85)18-16-37)68(107)81-48(33-110-32-38-12-8-7-9-13-38)65(104)76-44(22-27-52(91)92)62(101)82-56(34(2)3)67(106)77-43(21-26-51(89)90)61(100)79-47(31-54(95)96)63(102)75-41(19-24-49(71)86)59(98)73-40(14-10-11-29-70)58(97)74-42(20-25-50(87)88)60(99)78-45(69(108)109)23-28-53(93)94/h7-9,12-13,15-18,34-36,40-48,55-57,84-85H,6,10-11,14,19-33,70,72H2,1-5H3,(H2,71,86)(H,73,98)(H,74,97)(H,75,102)(H,76,104)(H,77,106)(H,78,99)(H,79,100)(H,80,105)(H,81,107)(H,82,101)(H,83,103)(H,87,88)(H,89,90)(H,91,92)(H,93,94)(H,95,96)(H,108,109). The lowest BCUT2D eigenvalue weighted by molar-refractivity contribution is -0.144. The lowest BCUT2D eigenvalue weighted by Crippen LogP contribution is -2.62. The second-order valence-electron chi connectivity index (χ2n) is 26.2. The van der Waals surface area contributed by atoms with Crippen LogP contribution in [0, 0.1) is 11.8 Å². The third-order valence-corrected chi connectivity index (χ3v) is 18.0. The summed E-state index contributed by atoms with van der Waals surface area (Å²) in [5, 5.41) is 103. The normalized spacial score (nSPS) is 14.9. The van der Waals surface area contributed by atoms with E-state index in [0.717, 1.165) is 17.3 Å². The van der Waals surface area contributed by atoms with Crippen LogP contribution in [-0.4, -0.2) is 238 Å². The Hall–Kier alpha value is -11.1. The fourth-order valence-corrected chi connectivity index (χ4v) is 11.4. The van der Waals surface area contributed by atoms with E-state index in [4.69, 9.17) is 22.3 Å². The SMILES string of the molecule is CCC(C)C(NC(=O)C(Cc1ccc(O)cc1)NC(=O)C(N)C(C)O)C(=O)NC(CSCc1ccccc1)C(=O)NC(CCC(=O)O)C(=O)NC(C(=O)NC(CCC(=O)O)C(=O)NC(CC(=O)O)C(=O)NC(CCC(N)=O)C(=O)NC(CCCCN)C(=O)NC(CCC(=O)O)C(=O)NC(CCC(=O)O)C(=O)O)C(C)C. The van der Waals surface area contributed by atoms with Crippen molar-refractivity contribution in [3.05, 3.63) is 65.7 Å². The van der Waals surface area contributed by atoms with Crippen molar-refractivity contribution in [2.45, 2.75) is 222 Å². The number of rotatable bonds is 54. The summed E-state index contributed by atoms with van der Waals surface area (Å²) in [6.45, 7) is 7.35. The number of nitrogens with one attached hydrogen (secondary N) is 11. The van der Waals surface area contributed by atoms with E-state index in [1.165, 1.54) is 45.0 Å². The number of phenolic OH excluding ortho intramolecular Hbond substituents is 1. The molecule has 14 atom stereocenters. The van der Waals surface area contributed by atoms with Crippen LogP contribution in [0.4, 0.5) is 0 Å². The fraction of sp³-hybridized carbons (Fsp3) is 0.565. The van der Waals surface area contributed by atoms with Crippen LogP contribution in [0.25, 0.3) is 0 Å². The van der Waals surface area contributed by atoms with Gasteiger partial charge in [-0.2, -0.15) is 11.8 Å². The first-order chi connectivity index (χ1) is 51.7. The molecule has 0 heterocycles. The molecule has 40 nitrogen and oxygen atoms in total. The van der Waals surface area contributed by atoms with Crippen LogP contribution in [0.2, 0.25) is 0 Å². The van der Waals surface area contributed by atoms with Crippen molar-refractivity contribution in [3.8, 4) is 5.75 Å². The molecule has 2 rings (SSSR count). The maximum absolute atomic E-state index is 14.7.